The minimum Gasteiger partial charge on any atom is -0.382 e. The maximum atomic E-state index is 6.22. The number of nitrogens with two attached hydrogens (primary N) is 1. The molecule has 26 heavy (non-hydrogen) atoms. The van der Waals surface area contributed by atoms with Gasteiger partial charge in [0.2, 0.25) is 0 Å². The summed E-state index contributed by atoms with van der Waals surface area (Å²) in [7, 11) is -4.44. The molecular formula is C15H30N5O3PSi2. The van der Waals surface area contributed by atoms with E-state index in [0.29, 0.717) is 29.9 Å². The summed E-state index contributed by atoms with van der Waals surface area (Å²) in [4.78, 5) is 12.5. The van der Waals surface area contributed by atoms with Gasteiger partial charge < -0.3 is 23.5 Å². The molecule has 0 aliphatic carbocycles. The summed E-state index contributed by atoms with van der Waals surface area (Å²) in [6.07, 6.45) is 3.60. The molecule has 0 bridgehead atoms. The summed E-state index contributed by atoms with van der Waals surface area (Å²) in [5.74, 6) is 0.387. The van der Waals surface area contributed by atoms with Crippen LogP contribution in [0.25, 0.3) is 11.2 Å². The summed E-state index contributed by atoms with van der Waals surface area (Å²) < 4.78 is 20.4. The standard InChI is InChI=1S/C15H30N5O3PSi2/c1-12(8-20-10-19-13-14(16)17-9-18-15(13)20)21-11-24(22-25(2,3)4)23-26(5,6)7/h9-10,12H,8,11H2,1-7H3,(H2,16,17,18)/t12-/m1/s1. The fraction of sp³-hybridized carbons (Fsp3) is 0.667. The Balaban J connectivity index is 1.98. The molecule has 11 heteroatoms. The second-order valence-corrected chi connectivity index (χ2v) is 19.0. The quantitative estimate of drug-likeness (QED) is 0.491. The van der Waals surface area contributed by atoms with Crippen molar-refractivity contribution in [2.45, 2.75) is 58.9 Å². The number of hydrogen-bond donors (Lipinski definition) is 1. The molecule has 2 heterocycles. The Hall–Kier alpha value is -0.906. The summed E-state index contributed by atoms with van der Waals surface area (Å²) >= 11 is 0. The minimum atomic E-state index is -1.70. The molecule has 0 saturated heterocycles. The number of imidazole rings is 1. The van der Waals surface area contributed by atoms with Crippen LogP contribution < -0.4 is 5.73 Å². The lowest BCUT2D eigenvalue weighted by Gasteiger charge is -2.31. The molecule has 2 aromatic heterocycles. The van der Waals surface area contributed by atoms with Crippen LogP contribution in [-0.4, -0.2) is 48.6 Å². The number of rotatable bonds is 9. The molecule has 2 aromatic rings. The van der Waals surface area contributed by atoms with Gasteiger partial charge in [0.25, 0.3) is 0 Å². The minimum absolute atomic E-state index is 0.0379. The van der Waals surface area contributed by atoms with Gasteiger partial charge in [-0.05, 0) is 46.2 Å². The van der Waals surface area contributed by atoms with E-state index in [4.69, 9.17) is 18.9 Å². The van der Waals surface area contributed by atoms with Gasteiger partial charge in [0, 0.05) is 0 Å². The monoisotopic (exact) mass is 415 g/mol. The van der Waals surface area contributed by atoms with Gasteiger partial charge in [-0.3, -0.25) is 0 Å². The lowest BCUT2D eigenvalue weighted by molar-refractivity contribution is 0.0829. The van der Waals surface area contributed by atoms with Crippen molar-refractivity contribution in [2.24, 2.45) is 0 Å². The molecule has 0 fully saturated rings. The Morgan fingerprint density at radius 3 is 2.27 bits per heavy atom. The van der Waals surface area contributed by atoms with Crippen molar-refractivity contribution in [3.63, 3.8) is 0 Å². The Kier molecular flexibility index (Phi) is 6.92. The van der Waals surface area contributed by atoms with Crippen LogP contribution in [0, 0.1) is 0 Å². The van der Waals surface area contributed by atoms with Crippen LogP contribution in [-0.2, 0) is 19.7 Å². The van der Waals surface area contributed by atoms with E-state index in [9.17, 15) is 0 Å². The second kappa shape index (κ2) is 8.41. The van der Waals surface area contributed by atoms with E-state index < -0.39 is 25.0 Å². The Morgan fingerprint density at radius 1 is 1.08 bits per heavy atom. The van der Waals surface area contributed by atoms with Crippen LogP contribution in [0.15, 0.2) is 12.7 Å². The fourth-order valence-corrected chi connectivity index (χ4v) is 8.40. The van der Waals surface area contributed by atoms with Crippen molar-refractivity contribution < 1.29 is 13.2 Å². The van der Waals surface area contributed by atoms with Crippen LogP contribution >= 0.6 is 8.38 Å². The van der Waals surface area contributed by atoms with E-state index >= 15 is 0 Å². The first-order valence-corrected chi connectivity index (χ1v) is 16.8. The normalized spacial score (nSPS) is 14.3. The molecule has 0 radical (unpaired) electrons. The van der Waals surface area contributed by atoms with Gasteiger partial charge in [0.05, 0.1) is 19.0 Å². The molecule has 0 aromatic carbocycles. The number of nitrogens with zero attached hydrogens (tertiary/aromatic N) is 4. The van der Waals surface area contributed by atoms with Gasteiger partial charge in [0.1, 0.15) is 18.2 Å². The predicted octanol–water partition coefficient (Wildman–Crippen LogP) is 3.79. The van der Waals surface area contributed by atoms with Gasteiger partial charge in [-0.15, -0.1) is 0 Å². The molecule has 0 aliphatic rings. The molecule has 0 unspecified atom stereocenters. The molecule has 2 N–H and O–H groups in total. The first kappa shape index (κ1) is 21.4. The van der Waals surface area contributed by atoms with Crippen LogP contribution in [0.3, 0.4) is 0 Å². The smallest absolute Gasteiger partial charge is 0.191 e. The molecule has 0 saturated carbocycles. The van der Waals surface area contributed by atoms with E-state index in [1.165, 1.54) is 6.33 Å². The van der Waals surface area contributed by atoms with Crippen molar-refractivity contribution in [3.05, 3.63) is 12.7 Å². The number of hydrogen-bond acceptors (Lipinski definition) is 7. The number of ether oxygens (including phenoxy) is 1. The third kappa shape index (κ3) is 6.68. The van der Waals surface area contributed by atoms with Crippen molar-refractivity contribution in [2.75, 3.05) is 12.1 Å². The summed E-state index contributed by atoms with van der Waals surface area (Å²) in [6.45, 7) is 15.6. The Morgan fingerprint density at radius 2 is 1.69 bits per heavy atom. The molecule has 0 amide bonds. The van der Waals surface area contributed by atoms with E-state index in [1.807, 2.05) is 11.5 Å². The Labute approximate surface area is 158 Å². The SMILES string of the molecule is C[C@H](Cn1cnc2c(N)ncnc21)OCP(O[Si](C)(C)C)O[Si](C)(C)C. The summed E-state index contributed by atoms with van der Waals surface area (Å²) in [5.41, 5.74) is 7.17. The third-order valence-corrected chi connectivity index (χ3v) is 9.47. The topological polar surface area (TPSA) is 97.3 Å². The summed E-state index contributed by atoms with van der Waals surface area (Å²) in [6, 6.07) is 0. The number of nitrogen functional groups attached to an aromatic ring is 1. The lowest BCUT2D eigenvalue weighted by Crippen LogP contribution is -2.29. The van der Waals surface area contributed by atoms with E-state index in [0.717, 1.165) is 0 Å². The average molecular weight is 416 g/mol. The van der Waals surface area contributed by atoms with Gasteiger partial charge in [-0.2, -0.15) is 0 Å². The van der Waals surface area contributed by atoms with E-state index in [1.54, 1.807) is 6.33 Å². The average Bonchev–Trinajstić information content (AvgIpc) is 2.86. The highest BCUT2D eigenvalue weighted by Crippen LogP contribution is 2.44. The molecule has 0 spiro atoms. The molecule has 8 nitrogen and oxygen atoms in total. The van der Waals surface area contributed by atoms with E-state index in [-0.39, 0.29) is 6.10 Å². The van der Waals surface area contributed by atoms with E-state index in [2.05, 4.69) is 54.2 Å². The third-order valence-electron chi connectivity index (χ3n) is 3.10. The maximum Gasteiger partial charge on any atom is 0.191 e. The first-order valence-electron chi connectivity index (χ1n) is 8.63. The molecule has 0 aliphatic heterocycles. The van der Waals surface area contributed by atoms with Gasteiger partial charge in [-0.25, -0.2) is 15.0 Å². The number of fused-ring (bicyclic) bond motifs is 1. The highest BCUT2D eigenvalue weighted by atomic mass is 31.2. The predicted molar refractivity (Wildman–Crippen MR) is 111 cm³/mol. The summed E-state index contributed by atoms with van der Waals surface area (Å²) in [5, 5.41) is 0. The van der Waals surface area contributed by atoms with Crippen molar-refractivity contribution in [1.82, 2.24) is 19.5 Å². The zero-order chi connectivity index (χ0) is 19.5. The number of aromatic nitrogens is 4. The first-order chi connectivity index (χ1) is 11.9. The Bertz CT molecular complexity index is 716. The molecular weight excluding hydrogens is 385 g/mol. The van der Waals surface area contributed by atoms with Crippen LogP contribution in [0.4, 0.5) is 5.82 Å². The second-order valence-electron chi connectivity index (χ2n) is 8.17. The van der Waals surface area contributed by atoms with Crippen LogP contribution in [0.1, 0.15) is 6.92 Å². The highest BCUT2D eigenvalue weighted by Gasteiger charge is 2.28. The van der Waals surface area contributed by atoms with Crippen LogP contribution in [0.5, 0.6) is 0 Å². The van der Waals surface area contributed by atoms with Gasteiger partial charge >= 0.3 is 0 Å². The van der Waals surface area contributed by atoms with Crippen LogP contribution in [0.2, 0.25) is 39.3 Å². The van der Waals surface area contributed by atoms with Crippen molar-refractivity contribution in [3.8, 4) is 0 Å². The molecule has 146 valence electrons. The fourth-order valence-electron chi connectivity index (χ4n) is 2.23. The molecule has 2 rings (SSSR count). The highest BCUT2D eigenvalue weighted by molar-refractivity contribution is 7.50. The number of anilines is 1. The largest absolute Gasteiger partial charge is 0.382 e. The van der Waals surface area contributed by atoms with Crippen molar-refractivity contribution in [1.29, 1.82) is 0 Å². The van der Waals surface area contributed by atoms with Crippen molar-refractivity contribution >= 4 is 42.0 Å². The molecule has 1 atom stereocenters. The maximum absolute atomic E-state index is 6.22. The lowest BCUT2D eigenvalue weighted by atomic mass is 10.4. The van der Waals surface area contributed by atoms with Gasteiger partial charge in [-0.1, -0.05) is 0 Å². The van der Waals surface area contributed by atoms with Gasteiger partial charge in [0.15, 0.2) is 36.5 Å². The zero-order valence-electron chi connectivity index (χ0n) is 16.7. The zero-order valence-corrected chi connectivity index (χ0v) is 19.6.